The van der Waals surface area contributed by atoms with Crippen LogP contribution in [-0.2, 0) is 6.42 Å². The Balaban J connectivity index is 1.97. The van der Waals surface area contributed by atoms with Gasteiger partial charge < -0.3 is 5.73 Å². The summed E-state index contributed by atoms with van der Waals surface area (Å²) in [6.45, 7) is 0. The fourth-order valence-electron chi connectivity index (χ4n) is 2.38. The van der Waals surface area contributed by atoms with E-state index in [0.717, 1.165) is 16.3 Å². The first-order valence-electron chi connectivity index (χ1n) is 6.59. The van der Waals surface area contributed by atoms with Crippen molar-refractivity contribution in [1.29, 1.82) is 0 Å². The Morgan fingerprint density at radius 3 is 2.15 bits per heavy atom. The van der Waals surface area contributed by atoms with E-state index in [0.29, 0.717) is 17.7 Å². The van der Waals surface area contributed by atoms with Gasteiger partial charge in [-0.05, 0) is 28.5 Å². The van der Waals surface area contributed by atoms with E-state index in [1.54, 1.807) is 0 Å². The molecule has 0 bridgehead atoms. The van der Waals surface area contributed by atoms with Crippen molar-refractivity contribution in [2.75, 3.05) is 5.73 Å². The van der Waals surface area contributed by atoms with Crippen molar-refractivity contribution in [3.05, 3.63) is 77.9 Å². The first-order chi connectivity index (χ1) is 9.74. The van der Waals surface area contributed by atoms with Gasteiger partial charge >= 0.3 is 0 Å². The first kappa shape index (κ1) is 12.4. The monoisotopic (exact) mass is 261 g/mol. The van der Waals surface area contributed by atoms with Gasteiger partial charge in [-0.15, -0.1) is 0 Å². The Kier molecular flexibility index (Phi) is 3.21. The maximum Gasteiger partial charge on any atom is 0.169 e. The van der Waals surface area contributed by atoms with Gasteiger partial charge in [-0.3, -0.25) is 4.79 Å². The lowest BCUT2D eigenvalue weighted by Gasteiger charge is -2.07. The average molecular weight is 261 g/mol. The molecule has 0 aliphatic carbocycles. The van der Waals surface area contributed by atoms with E-state index in [2.05, 4.69) is 0 Å². The third kappa shape index (κ3) is 2.41. The predicted octanol–water partition coefficient (Wildman–Crippen LogP) is 3.85. The molecular formula is C18H15NO. The van der Waals surface area contributed by atoms with Crippen LogP contribution in [0, 0.1) is 0 Å². The van der Waals surface area contributed by atoms with E-state index < -0.39 is 0 Å². The predicted molar refractivity (Wildman–Crippen MR) is 82.8 cm³/mol. The van der Waals surface area contributed by atoms with Crippen molar-refractivity contribution < 1.29 is 4.79 Å². The zero-order valence-electron chi connectivity index (χ0n) is 11.0. The van der Waals surface area contributed by atoms with E-state index in [1.165, 1.54) is 0 Å². The van der Waals surface area contributed by atoms with E-state index in [1.807, 2.05) is 66.7 Å². The Morgan fingerprint density at radius 2 is 1.45 bits per heavy atom. The van der Waals surface area contributed by atoms with Crippen LogP contribution in [0.15, 0.2) is 66.7 Å². The first-order valence-corrected chi connectivity index (χ1v) is 6.59. The number of carbonyl (C=O) groups is 1. The van der Waals surface area contributed by atoms with Gasteiger partial charge in [0.15, 0.2) is 5.78 Å². The fraction of sp³-hybridized carbons (Fsp3) is 0.0556. The highest BCUT2D eigenvalue weighted by molar-refractivity contribution is 6.05. The van der Waals surface area contributed by atoms with Crippen LogP contribution in [0.25, 0.3) is 10.8 Å². The zero-order valence-corrected chi connectivity index (χ0v) is 11.0. The van der Waals surface area contributed by atoms with Crippen LogP contribution in [0.4, 0.5) is 5.69 Å². The highest BCUT2D eigenvalue weighted by atomic mass is 16.1. The number of benzene rings is 3. The second-order valence-electron chi connectivity index (χ2n) is 4.87. The molecule has 2 nitrogen and oxygen atoms in total. The summed E-state index contributed by atoms with van der Waals surface area (Å²) in [4.78, 5) is 12.4. The summed E-state index contributed by atoms with van der Waals surface area (Å²) in [6.07, 6.45) is 0.378. The minimum absolute atomic E-state index is 0.0550. The SMILES string of the molecule is Nc1cc2ccccc2cc1C(=O)Cc1ccccc1. The normalized spacial score (nSPS) is 10.6. The van der Waals surface area contributed by atoms with Gasteiger partial charge in [0.2, 0.25) is 0 Å². The molecule has 0 amide bonds. The van der Waals surface area contributed by atoms with Crippen molar-refractivity contribution in [3.63, 3.8) is 0 Å². The number of rotatable bonds is 3. The molecule has 0 radical (unpaired) electrons. The van der Waals surface area contributed by atoms with Crippen molar-refractivity contribution in [2.24, 2.45) is 0 Å². The van der Waals surface area contributed by atoms with Gasteiger partial charge in [0.05, 0.1) is 0 Å². The van der Waals surface area contributed by atoms with Crippen LogP contribution in [0.2, 0.25) is 0 Å². The molecule has 0 saturated carbocycles. The summed E-state index contributed by atoms with van der Waals surface area (Å²) < 4.78 is 0. The molecule has 0 aliphatic heterocycles. The van der Waals surface area contributed by atoms with Crippen LogP contribution in [-0.4, -0.2) is 5.78 Å². The van der Waals surface area contributed by atoms with Crippen molar-refractivity contribution >= 4 is 22.2 Å². The molecule has 2 heteroatoms. The maximum absolute atomic E-state index is 12.4. The highest BCUT2D eigenvalue weighted by Gasteiger charge is 2.11. The van der Waals surface area contributed by atoms with Crippen LogP contribution < -0.4 is 5.73 Å². The Bertz CT molecular complexity index is 763. The summed E-state index contributed by atoms with van der Waals surface area (Å²) in [5.74, 6) is 0.0550. The van der Waals surface area contributed by atoms with Gasteiger partial charge in [-0.2, -0.15) is 0 Å². The lowest BCUT2D eigenvalue weighted by atomic mass is 9.98. The smallest absolute Gasteiger partial charge is 0.169 e. The third-order valence-corrected chi connectivity index (χ3v) is 3.43. The summed E-state index contributed by atoms with van der Waals surface area (Å²) in [5.41, 5.74) is 8.18. The molecule has 0 saturated heterocycles. The van der Waals surface area contributed by atoms with Gasteiger partial charge in [-0.1, -0.05) is 54.6 Å². The molecule has 0 unspecified atom stereocenters. The largest absolute Gasteiger partial charge is 0.398 e. The molecule has 0 heterocycles. The molecule has 2 N–H and O–H groups in total. The lowest BCUT2D eigenvalue weighted by molar-refractivity contribution is 0.0994. The minimum atomic E-state index is 0.0550. The number of anilines is 1. The Labute approximate surface area is 117 Å². The van der Waals surface area contributed by atoms with Crippen LogP contribution in [0.3, 0.4) is 0 Å². The van der Waals surface area contributed by atoms with E-state index in [4.69, 9.17) is 5.73 Å². The number of hydrogen-bond donors (Lipinski definition) is 1. The molecule has 20 heavy (non-hydrogen) atoms. The molecule has 3 aromatic rings. The number of fused-ring (bicyclic) bond motifs is 1. The summed E-state index contributed by atoms with van der Waals surface area (Å²) >= 11 is 0. The highest BCUT2D eigenvalue weighted by Crippen LogP contribution is 2.23. The topological polar surface area (TPSA) is 43.1 Å². The van der Waals surface area contributed by atoms with Crippen LogP contribution >= 0.6 is 0 Å². The number of Topliss-reactive ketones (excluding diaryl/α,β-unsaturated/α-hetero) is 1. The average Bonchev–Trinajstić information content (AvgIpc) is 2.47. The van der Waals surface area contributed by atoms with Crippen molar-refractivity contribution in [1.82, 2.24) is 0 Å². The molecule has 0 atom stereocenters. The van der Waals surface area contributed by atoms with Gasteiger partial charge in [0.1, 0.15) is 0 Å². The standard InChI is InChI=1S/C18H15NO/c19-17-12-15-9-5-4-8-14(15)11-16(17)18(20)10-13-6-2-1-3-7-13/h1-9,11-12H,10,19H2. The summed E-state index contributed by atoms with van der Waals surface area (Å²) in [6, 6.07) is 21.4. The molecule has 98 valence electrons. The third-order valence-electron chi connectivity index (χ3n) is 3.43. The fourth-order valence-corrected chi connectivity index (χ4v) is 2.38. The van der Waals surface area contributed by atoms with E-state index in [-0.39, 0.29) is 5.78 Å². The van der Waals surface area contributed by atoms with Crippen LogP contribution in [0.5, 0.6) is 0 Å². The van der Waals surface area contributed by atoms with Gasteiger partial charge in [0.25, 0.3) is 0 Å². The van der Waals surface area contributed by atoms with Crippen LogP contribution in [0.1, 0.15) is 15.9 Å². The number of carbonyl (C=O) groups excluding carboxylic acids is 1. The molecule has 3 aromatic carbocycles. The minimum Gasteiger partial charge on any atom is -0.398 e. The summed E-state index contributed by atoms with van der Waals surface area (Å²) in [5, 5.41) is 2.10. The lowest BCUT2D eigenvalue weighted by Crippen LogP contribution is -2.07. The molecular weight excluding hydrogens is 246 g/mol. The van der Waals surface area contributed by atoms with Crippen molar-refractivity contribution in [3.8, 4) is 0 Å². The quantitative estimate of drug-likeness (QED) is 0.575. The molecule has 0 aromatic heterocycles. The van der Waals surface area contributed by atoms with E-state index >= 15 is 0 Å². The number of ketones is 1. The second kappa shape index (κ2) is 5.17. The summed E-state index contributed by atoms with van der Waals surface area (Å²) in [7, 11) is 0. The molecule has 0 fully saturated rings. The zero-order chi connectivity index (χ0) is 13.9. The molecule has 0 aliphatic rings. The Morgan fingerprint density at radius 1 is 0.850 bits per heavy atom. The Hall–Kier alpha value is -2.61. The maximum atomic E-state index is 12.4. The number of hydrogen-bond acceptors (Lipinski definition) is 2. The molecule has 0 spiro atoms. The molecule has 3 rings (SSSR count). The van der Waals surface area contributed by atoms with E-state index in [9.17, 15) is 4.79 Å². The van der Waals surface area contributed by atoms with Crippen molar-refractivity contribution in [2.45, 2.75) is 6.42 Å². The second-order valence-corrected chi connectivity index (χ2v) is 4.87. The van der Waals surface area contributed by atoms with Gasteiger partial charge in [0, 0.05) is 17.7 Å². The van der Waals surface area contributed by atoms with Gasteiger partial charge in [-0.25, -0.2) is 0 Å². The number of nitrogen functional groups attached to an aromatic ring is 1. The number of nitrogens with two attached hydrogens (primary N) is 1.